The van der Waals surface area contributed by atoms with E-state index in [1.165, 1.54) is 116 Å². The molecular formula is C61H41N3. The van der Waals surface area contributed by atoms with Gasteiger partial charge in [-0.15, -0.1) is 0 Å². The lowest BCUT2D eigenvalue weighted by Crippen LogP contribution is -2.16. The zero-order valence-corrected chi connectivity index (χ0v) is 35.5. The van der Waals surface area contributed by atoms with E-state index in [4.69, 9.17) is 0 Å². The molecule has 3 aromatic heterocycles. The molecule has 300 valence electrons. The van der Waals surface area contributed by atoms with Gasteiger partial charge in [0, 0.05) is 43.9 Å². The predicted molar refractivity (Wildman–Crippen MR) is 270 cm³/mol. The Hall–Kier alpha value is -8.14. The first kappa shape index (κ1) is 35.5. The summed E-state index contributed by atoms with van der Waals surface area (Å²) in [4.78, 5) is 2.51. The van der Waals surface area contributed by atoms with E-state index in [2.05, 4.69) is 240 Å². The maximum Gasteiger partial charge on any atom is 0.0789 e. The highest BCUT2D eigenvalue weighted by Gasteiger charge is 2.38. The van der Waals surface area contributed by atoms with Crippen molar-refractivity contribution in [3.05, 3.63) is 223 Å². The number of anilines is 3. The normalized spacial score (nSPS) is 13.3. The van der Waals surface area contributed by atoms with Gasteiger partial charge in [-0.1, -0.05) is 178 Å². The molecule has 0 atom stereocenters. The quantitative estimate of drug-likeness (QED) is 0.158. The van der Waals surface area contributed by atoms with Gasteiger partial charge in [0.05, 0.1) is 38.8 Å². The van der Waals surface area contributed by atoms with Crippen molar-refractivity contribution in [3.63, 3.8) is 0 Å². The third kappa shape index (κ3) is 4.70. The fourth-order valence-electron chi connectivity index (χ4n) is 11.6. The molecule has 3 heterocycles. The van der Waals surface area contributed by atoms with E-state index in [-0.39, 0.29) is 5.41 Å². The van der Waals surface area contributed by atoms with E-state index in [0.717, 1.165) is 11.4 Å². The van der Waals surface area contributed by atoms with Gasteiger partial charge < -0.3 is 13.7 Å². The van der Waals surface area contributed by atoms with Gasteiger partial charge in [0.15, 0.2) is 0 Å². The lowest BCUT2D eigenvalue weighted by atomic mass is 9.82. The number of hydrogen-bond acceptors (Lipinski definition) is 1. The van der Waals surface area contributed by atoms with Gasteiger partial charge in [0.25, 0.3) is 0 Å². The fraction of sp³-hybridized carbons (Fsp3) is 0.0492. The summed E-state index contributed by atoms with van der Waals surface area (Å²) in [6.07, 6.45) is 0. The Kier molecular flexibility index (Phi) is 7.17. The van der Waals surface area contributed by atoms with E-state index in [9.17, 15) is 0 Å². The predicted octanol–water partition coefficient (Wildman–Crippen LogP) is 16.5. The number of benzene rings is 10. The molecular weight excluding hydrogens is 775 g/mol. The van der Waals surface area contributed by atoms with Crippen LogP contribution in [-0.2, 0) is 5.41 Å². The van der Waals surface area contributed by atoms with Crippen molar-refractivity contribution in [2.24, 2.45) is 0 Å². The molecule has 3 heteroatoms. The highest BCUT2D eigenvalue weighted by atomic mass is 15.1. The molecule has 0 aliphatic heterocycles. The molecule has 0 radical (unpaired) electrons. The summed E-state index contributed by atoms with van der Waals surface area (Å²) in [7, 11) is 0. The molecule has 0 unspecified atom stereocenters. The number of aromatic nitrogens is 2. The van der Waals surface area contributed by atoms with Gasteiger partial charge >= 0.3 is 0 Å². The van der Waals surface area contributed by atoms with Crippen LogP contribution in [0, 0.1) is 0 Å². The number of para-hydroxylation sites is 2. The van der Waals surface area contributed by atoms with Crippen molar-refractivity contribution in [1.29, 1.82) is 0 Å². The third-order valence-electron chi connectivity index (χ3n) is 14.4. The molecule has 0 bridgehead atoms. The Morgan fingerprint density at radius 2 is 0.922 bits per heavy atom. The van der Waals surface area contributed by atoms with Gasteiger partial charge in [0.1, 0.15) is 0 Å². The first-order chi connectivity index (χ1) is 31.5. The number of rotatable bonds is 5. The maximum absolute atomic E-state index is 2.53. The molecule has 0 saturated heterocycles. The van der Waals surface area contributed by atoms with Crippen LogP contribution in [0.2, 0.25) is 0 Å². The highest BCUT2D eigenvalue weighted by Crippen LogP contribution is 2.54. The smallest absolute Gasteiger partial charge is 0.0789 e. The average Bonchev–Trinajstić information content (AvgIpc) is 3.95. The van der Waals surface area contributed by atoms with Crippen LogP contribution in [0.4, 0.5) is 17.1 Å². The topological polar surface area (TPSA) is 12.1 Å². The molecule has 0 N–H and O–H groups in total. The highest BCUT2D eigenvalue weighted by molar-refractivity contribution is 6.25. The van der Waals surface area contributed by atoms with Gasteiger partial charge in [0.2, 0.25) is 0 Å². The van der Waals surface area contributed by atoms with Gasteiger partial charge in [-0.2, -0.15) is 0 Å². The average molecular weight is 816 g/mol. The van der Waals surface area contributed by atoms with E-state index in [1.54, 1.807) is 0 Å². The SMILES string of the molecule is CC1(C)c2ccccc2-c2c(N(c3ccc(-c4cccc5cccc(-c6ccccc6)c45)cc3)c3ccc4c(c3)n3c5ccccc5c5ccc6c7ccccc7n4c6c53)cccc21. The second kappa shape index (κ2) is 12.9. The van der Waals surface area contributed by atoms with Gasteiger partial charge in [-0.3, -0.25) is 0 Å². The summed E-state index contributed by atoms with van der Waals surface area (Å²) in [5.74, 6) is 0. The number of fused-ring (bicyclic) bond motifs is 13. The first-order valence-electron chi connectivity index (χ1n) is 22.4. The Bertz CT molecular complexity index is 4030. The Morgan fingerprint density at radius 1 is 0.375 bits per heavy atom. The van der Waals surface area contributed by atoms with Crippen LogP contribution in [0.15, 0.2) is 212 Å². The molecule has 10 aromatic carbocycles. The van der Waals surface area contributed by atoms with E-state index >= 15 is 0 Å². The standard InChI is InChI=1S/C61H41N3/c1-61(2)50-24-9-6-21-49(50)58-51(61)25-14-28-55(58)62(41-31-29-39(30-32-41)44-23-13-18-40-17-12-22-43(57(40)44)38-15-4-3-5-16-38)42-33-36-54-56(37-42)64-53-27-11-8-20-46(53)48-35-34-47-45-19-7-10-26-52(45)63(54)59(47)60(48)64/h3-37H,1-2H3. The molecule has 1 aliphatic rings. The van der Waals surface area contributed by atoms with Crippen molar-refractivity contribution in [3.8, 4) is 33.4 Å². The largest absolute Gasteiger partial charge is 0.310 e. The van der Waals surface area contributed by atoms with Crippen LogP contribution in [0.1, 0.15) is 25.0 Å². The zero-order chi connectivity index (χ0) is 42.3. The van der Waals surface area contributed by atoms with Crippen molar-refractivity contribution in [2.75, 3.05) is 4.90 Å². The molecule has 0 saturated carbocycles. The van der Waals surface area contributed by atoms with Crippen LogP contribution in [0.25, 0.3) is 98.8 Å². The van der Waals surface area contributed by atoms with Gasteiger partial charge in [-0.05, 0) is 98.2 Å². The minimum atomic E-state index is -0.141. The van der Waals surface area contributed by atoms with Crippen LogP contribution in [0.3, 0.4) is 0 Å². The van der Waals surface area contributed by atoms with E-state index < -0.39 is 0 Å². The van der Waals surface area contributed by atoms with E-state index in [1.807, 2.05) is 0 Å². The summed E-state index contributed by atoms with van der Waals surface area (Å²) >= 11 is 0. The first-order valence-corrected chi connectivity index (χ1v) is 22.4. The Balaban J connectivity index is 1.05. The number of hydrogen-bond donors (Lipinski definition) is 0. The lowest BCUT2D eigenvalue weighted by molar-refractivity contribution is 0.660. The minimum Gasteiger partial charge on any atom is -0.310 e. The van der Waals surface area contributed by atoms with Crippen LogP contribution >= 0.6 is 0 Å². The fourth-order valence-corrected chi connectivity index (χ4v) is 11.6. The second-order valence-corrected chi connectivity index (χ2v) is 18.1. The summed E-state index contributed by atoms with van der Waals surface area (Å²) < 4.78 is 5.04. The summed E-state index contributed by atoms with van der Waals surface area (Å²) in [5.41, 5.74) is 20.8. The van der Waals surface area contributed by atoms with Crippen LogP contribution in [0.5, 0.6) is 0 Å². The van der Waals surface area contributed by atoms with Crippen molar-refractivity contribution < 1.29 is 0 Å². The molecule has 3 nitrogen and oxygen atoms in total. The van der Waals surface area contributed by atoms with Crippen molar-refractivity contribution in [1.82, 2.24) is 8.80 Å². The third-order valence-corrected chi connectivity index (χ3v) is 14.4. The molecule has 14 rings (SSSR count). The van der Waals surface area contributed by atoms with Crippen LogP contribution in [-0.4, -0.2) is 8.80 Å². The zero-order valence-electron chi connectivity index (χ0n) is 35.5. The molecule has 0 amide bonds. The molecule has 0 spiro atoms. The van der Waals surface area contributed by atoms with Crippen molar-refractivity contribution in [2.45, 2.75) is 19.3 Å². The van der Waals surface area contributed by atoms with E-state index in [0.29, 0.717) is 0 Å². The van der Waals surface area contributed by atoms with Crippen molar-refractivity contribution >= 4 is 82.5 Å². The Labute approximate surface area is 370 Å². The maximum atomic E-state index is 2.53. The van der Waals surface area contributed by atoms with Gasteiger partial charge in [-0.25, -0.2) is 0 Å². The summed E-state index contributed by atoms with van der Waals surface area (Å²) in [6.45, 7) is 4.74. The monoisotopic (exact) mass is 815 g/mol. The molecule has 64 heavy (non-hydrogen) atoms. The number of nitrogens with zero attached hydrogens (tertiary/aromatic N) is 3. The molecule has 13 aromatic rings. The second-order valence-electron chi connectivity index (χ2n) is 18.1. The molecule has 1 aliphatic carbocycles. The summed E-state index contributed by atoms with van der Waals surface area (Å²) in [5, 5.41) is 7.61. The molecule has 0 fully saturated rings. The van der Waals surface area contributed by atoms with Crippen LogP contribution < -0.4 is 4.90 Å². The lowest BCUT2D eigenvalue weighted by Gasteiger charge is -2.29. The summed E-state index contributed by atoms with van der Waals surface area (Å²) in [6, 6.07) is 78.9. The Morgan fingerprint density at radius 3 is 1.62 bits per heavy atom. The minimum absolute atomic E-state index is 0.141.